The molecule has 5 heteroatoms. The largest absolute Gasteiger partial charge is 0.488 e. The number of hydrogen-bond donors (Lipinski definition) is 2. The van der Waals surface area contributed by atoms with Gasteiger partial charge in [0.15, 0.2) is 5.17 Å². The fraction of sp³-hybridized carbons (Fsp3) is 0.333. The molecule has 1 saturated heterocycles. The molecule has 2 heterocycles. The maximum absolute atomic E-state index is 11.6. The molecule has 0 saturated carbocycles. The zero-order valence-corrected chi connectivity index (χ0v) is 12.3. The third-order valence-electron chi connectivity index (χ3n) is 3.43. The number of rotatable bonds is 1. The van der Waals surface area contributed by atoms with Crippen molar-refractivity contribution in [3.63, 3.8) is 0 Å². The van der Waals surface area contributed by atoms with Crippen LogP contribution in [0.25, 0.3) is 6.08 Å². The maximum atomic E-state index is 11.6. The molecule has 0 unspecified atom stereocenters. The van der Waals surface area contributed by atoms with E-state index in [0.29, 0.717) is 4.91 Å². The van der Waals surface area contributed by atoms with E-state index < -0.39 is 0 Å². The Kier molecular flexibility index (Phi) is 3.09. The standard InChI is InChI=1S/C15H16N2O2S/c1-15(2)6-5-10-7-9(3-4-11(10)19-15)8-12-13(18)17-14(16)20-12/h3-4,7-8H,5-6H2,1-2H3,(H2,16,17,18). The van der Waals surface area contributed by atoms with E-state index >= 15 is 0 Å². The van der Waals surface area contributed by atoms with Gasteiger partial charge in [0, 0.05) is 0 Å². The van der Waals surface area contributed by atoms with E-state index in [4.69, 9.17) is 10.1 Å². The molecule has 0 aromatic heterocycles. The molecule has 104 valence electrons. The van der Waals surface area contributed by atoms with Gasteiger partial charge in [0.05, 0.1) is 4.91 Å². The lowest BCUT2D eigenvalue weighted by atomic mass is 9.93. The van der Waals surface area contributed by atoms with Crippen molar-refractivity contribution in [3.8, 4) is 5.75 Å². The van der Waals surface area contributed by atoms with Crippen molar-refractivity contribution in [3.05, 3.63) is 34.2 Å². The predicted molar refractivity (Wildman–Crippen MR) is 80.9 cm³/mol. The molecular formula is C15H16N2O2S. The first-order valence-corrected chi connectivity index (χ1v) is 7.36. The lowest BCUT2D eigenvalue weighted by molar-refractivity contribution is -0.115. The van der Waals surface area contributed by atoms with E-state index in [0.717, 1.165) is 35.9 Å². The van der Waals surface area contributed by atoms with Crippen LogP contribution in [0.15, 0.2) is 23.1 Å². The van der Waals surface area contributed by atoms with Gasteiger partial charge in [-0.1, -0.05) is 6.07 Å². The minimum Gasteiger partial charge on any atom is -0.488 e. The summed E-state index contributed by atoms with van der Waals surface area (Å²) in [4.78, 5) is 12.2. The van der Waals surface area contributed by atoms with E-state index in [9.17, 15) is 4.79 Å². The first-order chi connectivity index (χ1) is 9.43. The second-order valence-corrected chi connectivity index (χ2v) is 6.68. The highest BCUT2D eigenvalue weighted by Gasteiger charge is 2.27. The van der Waals surface area contributed by atoms with Crippen molar-refractivity contribution >= 4 is 28.9 Å². The minimum atomic E-state index is -0.199. The lowest BCUT2D eigenvalue weighted by Gasteiger charge is -2.32. The number of carbonyl (C=O) groups excluding carboxylic acids is 1. The molecule has 0 bridgehead atoms. The fourth-order valence-corrected chi connectivity index (χ4v) is 3.06. The van der Waals surface area contributed by atoms with Gasteiger partial charge in [0.25, 0.3) is 5.91 Å². The second-order valence-electron chi connectivity index (χ2n) is 5.62. The Morgan fingerprint density at radius 2 is 2.25 bits per heavy atom. The summed E-state index contributed by atoms with van der Waals surface area (Å²) in [6, 6.07) is 5.97. The van der Waals surface area contributed by atoms with Gasteiger partial charge >= 0.3 is 0 Å². The van der Waals surface area contributed by atoms with Crippen LogP contribution in [0.2, 0.25) is 0 Å². The SMILES string of the molecule is CC1(C)CCc2cc(C=C3SC(=N)NC3=O)ccc2O1. The number of thioether (sulfide) groups is 1. The third-order valence-corrected chi connectivity index (χ3v) is 4.26. The van der Waals surface area contributed by atoms with E-state index in [2.05, 4.69) is 25.2 Å². The Labute approximate surface area is 122 Å². The maximum Gasteiger partial charge on any atom is 0.264 e. The van der Waals surface area contributed by atoms with Gasteiger partial charge in [-0.2, -0.15) is 0 Å². The van der Waals surface area contributed by atoms with Crippen molar-refractivity contribution < 1.29 is 9.53 Å². The number of aryl methyl sites for hydroxylation is 1. The Balaban J connectivity index is 1.89. The van der Waals surface area contributed by atoms with Crippen molar-refractivity contribution in [1.29, 1.82) is 5.41 Å². The van der Waals surface area contributed by atoms with Gasteiger partial charge in [0.1, 0.15) is 11.4 Å². The van der Waals surface area contributed by atoms with Crippen molar-refractivity contribution in [2.75, 3.05) is 0 Å². The molecule has 0 radical (unpaired) electrons. The van der Waals surface area contributed by atoms with Crippen LogP contribution in [0.4, 0.5) is 0 Å². The Bertz CT molecular complexity index is 635. The molecular weight excluding hydrogens is 272 g/mol. The van der Waals surface area contributed by atoms with Crippen LogP contribution in [-0.4, -0.2) is 16.7 Å². The second kappa shape index (κ2) is 4.66. The van der Waals surface area contributed by atoms with Gasteiger partial charge in [-0.3, -0.25) is 10.2 Å². The first kappa shape index (κ1) is 13.2. The molecule has 2 N–H and O–H groups in total. The average molecular weight is 288 g/mol. The summed E-state index contributed by atoms with van der Waals surface area (Å²) in [5, 5.41) is 10.1. The number of ether oxygens (including phenoxy) is 1. The van der Waals surface area contributed by atoms with Gasteiger partial charge in [0.2, 0.25) is 0 Å². The van der Waals surface area contributed by atoms with Crippen LogP contribution in [0.5, 0.6) is 5.75 Å². The predicted octanol–water partition coefficient (Wildman–Crippen LogP) is 2.93. The number of amides is 1. The van der Waals surface area contributed by atoms with Gasteiger partial charge < -0.3 is 10.1 Å². The zero-order chi connectivity index (χ0) is 14.3. The van der Waals surface area contributed by atoms with Crippen LogP contribution < -0.4 is 10.1 Å². The highest BCUT2D eigenvalue weighted by atomic mass is 32.2. The highest BCUT2D eigenvalue weighted by Crippen LogP contribution is 2.34. The number of hydrogen-bond acceptors (Lipinski definition) is 4. The van der Waals surface area contributed by atoms with Crippen molar-refractivity contribution in [2.45, 2.75) is 32.3 Å². The van der Waals surface area contributed by atoms with Crippen LogP contribution in [-0.2, 0) is 11.2 Å². The van der Waals surface area contributed by atoms with Crippen molar-refractivity contribution in [2.24, 2.45) is 0 Å². The Hall–Kier alpha value is -1.75. The molecule has 1 aromatic rings. The van der Waals surface area contributed by atoms with Gasteiger partial charge in [-0.15, -0.1) is 0 Å². The summed E-state index contributed by atoms with van der Waals surface area (Å²) in [7, 11) is 0. The molecule has 20 heavy (non-hydrogen) atoms. The van der Waals surface area contributed by atoms with Crippen LogP contribution >= 0.6 is 11.8 Å². The lowest BCUT2D eigenvalue weighted by Crippen LogP contribution is -2.32. The number of amidine groups is 1. The normalized spacial score (nSPS) is 22.4. The van der Waals surface area contributed by atoms with E-state index in [1.807, 2.05) is 18.2 Å². The van der Waals surface area contributed by atoms with Crippen LogP contribution in [0, 0.1) is 5.41 Å². The van der Waals surface area contributed by atoms with Crippen molar-refractivity contribution in [1.82, 2.24) is 5.32 Å². The average Bonchev–Trinajstić information content (AvgIpc) is 2.67. The van der Waals surface area contributed by atoms with E-state index in [1.165, 1.54) is 5.56 Å². The minimum absolute atomic E-state index is 0.108. The summed E-state index contributed by atoms with van der Waals surface area (Å²) < 4.78 is 5.94. The first-order valence-electron chi connectivity index (χ1n) is 6.54. The molecule has 0 atom stereocenters. The molecule has 2 aliphatic rings. The fourth-order valence-electron chi connectivity index (χ4n) is 2.36. The van der Waals surface area contributed by atoms with Gasteiger partial charge in [-0.05, 0) is 67.8 Å². The molecule has 1 aromatic carbocycles. The highest BCUT2D eigenvalue weighted by molar-refractivity contribution is 8.18. The number of benzene rings is 1. The molecule has 3 rings (SSSR count). The molecule has 0 aliphatic carbocycles. The zero-order valence-electron chi connectivity index (χ0n) is 11.4. The number of fused-ring (bicyclic) bond motifs is 1. The monoisotopic (exact) mass is 288 g/mol. The van der Waals surface area contributed by atoms with E-state index in [1.54, 1.807) is 0 Å². The quantitative estimate of drug-likeness (QED) is 0.781. The van der Waals surface area contributed by atoms with E-state index in [-0.39, 0.29) is 16.7 Å². The summed E-state index contributed by atoms with van der Waals surface area (Å²) in [5.74, 6) is 0.731. The summed E-state index contributed by atoms with van der Waals surface area (Å²) in [5.41, 5.74) is 2.04. The summed E-state index contributed by atoms with van der Waals surface area (Å²) in [6.07, 6.45) is 3.79. The Morgan fingerprint density at radius 3 is 2.95 bits per heavy atom. The van der Waals surface area contributed by atoms with Crippen LogP contribution in [0.3, 0.4) is 0 Å². The molecule has 1 amide bonds. The number of nitrogens with one attached hydrogen (secondary N) is 2. The molecule has 0 spiro atoms. The van der Waals surface area contributed by atoms with Crippen LogP contribution in [0.1, 0.15) is 31.4 Å². The van der Waals surface area contributed by atoms with Gasteiger partial charge in [-0.25, -0.2) is 0 Å². The smallest absolute Gasteiger partial charge is 0.264 e. The summed E-state index contributed by atoms with van der Waals surface area (Å²) >= 11 is 1.16. The summed E-state index contributed by atoms with van der Waals surface area (Å²) in [6.45, 7) is 4.19. The Morgan fingerprint density at radius 1 is 1.45 bits per heavy atom. The molecule has 4 nitrogen and oxygen atoms in total. The number of carbonyl (C=O) groups is 1. The third kappa shape index (κ3) is 2.58. The topological polar surface area (TPSA) is 62.2 Å². The molecule has 1 fully saturated rings. The molecule has 2 aliphatic heterocycles.